The van der Waals surface area contributed by atoms with E-state index in [2.05, 4.69) is 0 Å². The molecule has 0 heterocycles. The van der Waals surface area contributed by atoms with E-state index >= 15 is 0 Å². The van der Waals surface area contributed by atoms with Crippen LogP contribution in [0.4, 0.5) is 4.79 Å². The molecule has 0 saturated heterocycles. The van der Waals surface area contributed by atoms with Crippen LogP contribution >= 0.6 is 0 Å². The van der Waals surface area contributed by atoms with E-state index in [0.29, 0.717) is 17.5 Å². The van der Waals surface area contributed by atoms with E-state index in [-0.39, 0.29) is 0 Å². The largest absolute Gasteiger partial charge is 0.350 e. The zero-order valence-corrected chi connectivity index (χ0v) is 5.79. The Morgan fingerprint density at radius 2 is 2.30 bits per heavy atom. The Balaban J connectivity index is 2.16. The molecule has 4 heteroatoms. The summed E-state index contributed by atoms with van der Waals surface area (Å²) in [7, 11) is 0. The minimum Gasteiger partial charge on any atom is -0.350 e. The van der Waals surface area contributed by atoms with Crippen molar-refractivity contribution < 1.29 is 10.0 Å². The van der Waals surface area contributed by atoms with Gasteiger partial charge in [-0.05, 0) is 18.8 Å². The lowest BCUT2D eigenvalue weighted by molar-refractivity contribution is -0.0582. The van der Waals surface area contributed by atoms with Crippen LogP contribution < -0.4 is 5.73 Å². The Morgan fingerprint density at radius 3 is 2.60 bits per heavy atom. The fourth-order valence-electron chi connectivity index (χ4n) is 1.01. The minimum atomic E-state index is -0.757. The van der Waals surface area contributed by atoms with Crippen LogP contribution in [0.15, 0.2) is 0 Å². The molecule has 1 saturated carbocycles. The Labute approximate surface area is 59.6 Å². The topological polar surface area (TPSA) is 66.6 Å². The fourth-order valence-corrected chi connectivity index (χ4v) is 1.01. The number of hydrogen-bond donors (Lipinski definition) is 2. The van der Waals surface area contributed by atoms with E-state index < -0.39 is 6.03 Å². The molecule has 0 bridgehead atoms. The fraction of sp³-hybridized carbons (Fsp3) is 0.833. The van der Waals surface area contributed by atoms with Crippen LogP contribution in [0.5, 0.6) is 0 Å². The molecule has 0 spiro atoms. The van der Waals surface area contributed by atoms with Crippen molar-refractivity contribution in [3.05, 3.63) is 0 Å². The van der Waals surface area contributed by atoms with Gasteiger partial charge in [0, 0.05) is 0 Å². The van der Waals surface area contributed by atoms with Gasteiger partial charge < -0.3 is 5.73 Å². The van der Waals surface area contributed by atoms with Crippen molar-refractivity contribution >= 4 is 6.03 Å². The maximum atomic E-state index is 10.3. The van der Waals surface area contributed by atoms with Gasteiger partial charge >= 0.3 is 6.03 Å². The molecule has 58 valence electrons. The number of hydrogen-bond acceptors (Lipinski definition) is 2. The minimum absolute atomic E-state index is 0.398. The lowest BCUT2D eigenvalue weighted by Gasteiger charge is -2.27. The molecule has 3 N–H and O–H groups in total. The molecule has 4 nitrogen and oxygen atoms in total. The summed E-state index contributed by atoms with van der Waals surface area (Å²) in [5, 5.41) is 9.41. The van der Waals surface area contributed by atoms with Crippen molar-refractivity contribution in [1.29, 1.82) is 0 Å². The summed E-state index contributed by atoms with van der Waals surface area (Å²) in [6.07, 6.45) is 3.41. The first-order chi connectivity index (χ1) is 4.70. The molecule has 0 atom stereocenters. The van der Waals surface area contributed by atoms with Crippen molar-refractivity contribution in [3.8, 4) is 0 Å². The number of rotatable bonds is 2. The Morgan fingerprint density at radius 1 is 1.70 bits per heavy atom. The third-order valence-electron chi connectivity index (χ3n) is 1.91. The quantitative estimate of drug-likeness (QED) is 0.439. The molecule has 0 aromatic heterocycles. The number of primary amides is 1. The summed E-state index contributed by atoms with van der Waals surface area (Å²) in [4.78, 5) is 10.3. The van der Waals surface area contributed by atoms with E-state index in [1.165, 1.54) is 6.42 Å². The van der Waals surface area contributed by atoms with Crippen LogP contribution in [0.1, 0.15) is 19.3 Å². The molecular weight excluding hydrogens is 132 g/mol. The summed E-state index contributed by atoms with van der Waals surface area (Å²) >= 11 is 0. The van der Waals surface area contributed by atoms with E-state index in [1.807, 2.05) is 0 Å². The summed E-state index contributed by atoms with van der Waals surface area (Å²) < 4.78 is 0. The molecule has 0 unspecified atom stereocenters. The normalized spacial score (nSPS) is 18.1. The molecule has 0 aliphatic heterocycles. The van der Waals surface area contributed by atoms with Gasteiger partial charge in [-0.3, -0.25) is 5.21 Å². The first-order valence-corrected chi connectivity index (χ1v) is 3.46. The number of hydroxylamine groups is 2. The van der Waals surface area contributed by atoms with Crippen LogP contribution in [0.25, 0.3) is 0 Å². The molecule has 1 rings (SSSR count). The highest BCUT2D eigenvalue weighted by molar-refractivity contribution is 5.70. The second-order valence-electron chi connectivity index (χ2n) is 2.72. The van der Waals surface area contributed by atoms with Gasteiger partial charge in [0.25, 0.3) is 0 Å². The standard InChI is InChI=1S/C6H12N2O2/c7-6(9)8(10)4-5-2-1-3-5/h5,10H,1-4H2,(H2,7,9). The SMILES string of the molecule is NC(=O)N(O)CC1CCC1. The van der Waals surface area contributed by atoms with Gasteiger partial charge in [0.15, 0.2) is 0 Å². The summed E-state index contributed by atoms with van der Waals surface area (Å²) in [6, 6.07) is -0.757. The van der Waals surface area contributed by atoms with Crippen molar-refractivity contribution in [2.24, 2.45) is 11.7 Å². The number of carbonyl (C=O) groups excluding carboxylic acids is 1. The number of carbonyl (C=O) groups is 1. The lowest BCUT2D eigenvalue weighted by Crippen LogP contribution is -2.38. The highest BCUT2D eigenvalue weighted by Crippen LogP contribution is 2.26. The van der Waals surface area contributed by atoms with Crippen LogP contribution in [0, 0.1) is 5.92 Å². The average molecular weight is 144 g/mol. The Kier molecular flexibility index (Phi) is 2.11. The molecule has 10 heavy (non-hydrogen) atoms. The summed E-state index contributed by atoms with van der Waals surface area (Å²) in [5.41, 5.74) is 4.80. The van der Waals surface area contributed by atoms with Gasteiger partial charge in [0.05, 0.1) is 6.54 Å². The van der Waals surface area contributed by atoms with Crippen molar-refractivity contribution in [2.75, 3.05) is 6.54 Å². The molecule has 1 aliphatic carbocycles. The van der Waals surface area contributed by atoms with Crippen molar-refractivity contribution in [1.82, 2.24) is 5.06 Å². The number of nitrogens with two attached hydrogens (primary N) is 1. The maximum absolute atomic E-state index is 10.3. The second-order valence-corrected chi connectivity index (χ2v) is 2.72. The van der Waals surface area contributed by atoms with Crippen LogP contribution in [0.3, 0.4) is 0 Å². The van der Waals surface area contributed by atoms with Gasteiger partial charge in [-0.25, -0.2) is 9.86 Å². The number of amides is 2. The molecule has 1 aliphatic rings. The number of urea groups is 1. The molecule has 0 radical (unpaired) electrons. The maximum Gasteiger partial charge on any atom is 0.338 e. The monoisotopic (exact) mass is 144 g/mol. The summed E-state index contributed by atoms with van der Waals surface area (Å²) in [6.45, 7) is 0.398. The third-order valence-corrected chi connectivity index (χ3v) is 1.91. The molecular formula is C6H12N2O2. The predicted molar refractivity (Wildman–Crippen MR) is 35.4 cm³/mol. The van der Waals surface area contributed by atoms with Crippen LogP contribution in [0.2, 0.25) is 0 Å². The molecule has 0 aromatic rings. The zero-order valence-electron chi connectivity index (χ0n) is 5.79. The lowest BCUT2D eigenvalue weighted by atomic mass is 9.85. The highest BCUT2D eigenvalue weighted by atomic mass is 16.5. The van der Waals surface area contributed by atoms with E-state index in [0.717, 1.165) is 12.8 Å². The number of nitrogens with zero attached hydrogens (tertiary/aromatic N) is 1. The first kappa shape index (κ1) is 7.34. The van der Waals surface area contributed by atoms with Gasteiger partial charge in [0.2, 0.25) is 0 Å². The van der Waals surface area contributed by atoms with Gasteiger partial charge in [-0.2, -0.15) is 0 Å². The van der Waals surface area contributed by atoms with Crippen molar-refractivity contribution in [3.63, 3.8) is 0 Å². The van der Waals surface area contributed by atoms with Crippen LogP contribution in [-0.2, 0) is 0 Å². The van der Waals surface area contributed by atoms with Gasteiger partial charge in [-0.1, -0.05) is 6.42 Å². The van der Waals surface area contributed by atoms with E-state index in [4.69, 9.17) is 10.9 Å². The van der Waals surface area contributed by atoms with Gasteiger partial charge in [-0.15, -0.1) is 0 Å². The second kappa shape index (κ2) is 2.88. The molecule has 2 amide bonds. The first-order valence-electron chi connectivity index (χ1n) is 3.46. The zero-order chi connectivity index (χ0) is 7.56. The van der Waals surface area contributed by atoms with Gasteiger partial charge in [0.1, 0.15) is 0 Å². The average Bonchev–Trinajstić information content (AvgIpc) is 1.77. The molecule has 1 fully saturated rings. The van der Waals surface area contributed by atoms with E-state index in [1.54, 1.807) is 0 Å². The molecule has 0 aromatic carbocycles. The Bertz CT molecular complexity index is 134. The van der Waals surface area contributed by atoms with E-state index in [9.17, 15) is 4.79 Å². The van der Waals surface area contributed by atoms with Crippen LogP contribution in [-0.4, -0.2) is 22.8 Å². The highest BCUT2D eigenvalue weighted by Gasteiger charge is 2.21. The predicted octanol–water partition coefficient (Wildman–Crippen LogP) is 0.556. The third kappa shape index (κ3) is 1.60. The Hall–Kier alpha value is -0.770. The summed E-state index contributed by atoms with van der Waals surface area (Å²) in [5.74, 6) is 0.470. The smallest absolute Gasteiger partial charge is 0.338 e. The van der Waals surface area contributed by atoms with Crippen molar-refractivity contribution in [2.45, 2.75) is 19.3 Å².